The molecule has 16 heavy (non-hydrogen) atoms. The Balaban J connectivity index is 2.17. The highest BCUT2D eigenvalue weighted by molar-refractivity contribution is 7.10. The summed E-state index contributed by atoms with van der Waals surface area (Å²) in [4.78, 5) is 1.23. The maximum atomic E-state index is 13.5. The second-order valence-corrected chi connectivity index (χ2v) is 4.72. The van der Waals surface area contributed by atoms with Crippen molar-refractivity contribution in [1.29, 1.82) is 0 Å². The highest BCUT2D eigenvalue weighted by atomic mass is 32.1. The lowest BCUT2D eigenvalue weighted by molar-refractivity contribution is 0.592. The van der Waals surface area contributed by atoms with E-state index in [1.807, 2.05) is 23.6 Å². The van der Waals surface area contributed by atoms with E-state index in [9.17, 15) is 4.39 Å². The molecule has 1 atom stereocenters. The molecule has 0 spiro atoms. The molecule has 0 fully saturated rings. The van der Waals surface area contributed by atoms with E-state index in [4.69, 9.17) is 5.73 Å². The zero-order chi connectivity index (χ0) is 11.4. The van der Waals surface area contributed by atoms with Gasteiger partial charge in [-0.2, -0.15) is 0 Å². The number of hydrogen-bond donors (Lipinski definition) is 1. The van der Waals surface area contributed by atoms with Gasteiger partial charge in [-0.25, -0.2) is 4.39 Å². The summed E-state index contributed by atoms with van der Waals surface area (Å²) in [6.07, 6.45) is 0.670. The Kier molecular flexibility index (Phi) is 3.70. The van der Waals surface area contributed by atoms with Gasteiger partial charge in [0, 0.05) is 17.3 Å². The van der Waals surface area contributed by atoms with Gasteiger partial charge >= 0.3 is 0 Å². The molecule has 0 radical (unpaired) electrons. The summed E-state index contributed by atoms with van der Waals surface area (Å²) in [7, 11) is 0. The molecule has 0 aliphatic heterocycles. The first-order valence-electron chi connectivity index (χ1n) is 5.28. The van der Waals surface area contributed by atoms with E-state index in [-0.39, 0.29) is 11.7 Å². The molecular weight excluding hydrogens is 221 g/mol. The fourth-order valence-electron chi connectivity index (χ4n) is 1.75. The molecule has 2 N–H and O–H groups in total. The minimum atomic E-state index is -0.141. The van der Waals surface area contributed by atoms with Crippen LogP contribution in [-0.2, 0) is 6.42 Å². The van der Waals surface area contributed by atoms with E-state index < -0.39 is 0 Å². The molecular formula is C13H14FNS. The molecule has 0 aliphatic rings. The summed E-state index contributed by atoms with van der Waals surface area (Å²) < 4.78 is 13.5. The number of benzene rings is 1. The molecule has 0 bridgehead atoms. The number of nitrogens with two attached hydrogens (primary N) is 1. The molecule has 2 aromatic rings. The van der Waals surface area contributed by atoms with Crippen LogP contribution in [0, 0.1) is 5.82 Å². The van der Waals surface area contributed by atoms with Crippen LogP contribution in [0.15, 0.2) is 41.8 Å². The summed E-state index contributed by atoms with van der Waals surface area (Å²) in [5.74, 6) is 0.0782. The van der Waals surface area contributed by atoms with Crippen molar-refractivity contribution in [1.82, 2.24) is 0 Å². The van der Waals surface area contributed by atoms with E-state index >= 15 is 0 Å². The Hall–Kier alpha value is -1.19. The second-order valence-electron chi connectivity index (χ2n) is 3.74. The summed E-state index contributed by atoms with van der Waals surface area (Å²) in [6, 6.07) is 11.0. The van der Waals surface area contributed by atoms with Crippen molar-refractivity contribution in [3.63, 3.8) is 0 Å². The zero-order valence-electron chi connectivity index (χ0n) is 8.90. The standard InChI is InChI=1S/C13H14FNS/c14-12-5-2-1-4-10(12)8-11(9-15)13-6-3-7-16-13/h1-7,11H,8-9,15H2. The molecule has 1 aromatic heterocycles. The molecule has 3 heteroatoms. The Morgan fingerprint density at radius 3 is 2.62 bits per heavy atom. The third kappa shape index (κ3) is 2.49. The average molecular weight is 235 g/mol. The number of rotatable bonds is 4. The SMILES string of the molecule is NCC(Cc1ccccc1F)c1cccs1. The van der Waals surface area contributed by atoms with Crippen molar-refractivity contribution >= 4 is 11.3 Å². The monoisotopic (exact) mass is 235 g/mol. The van der Waals surface area contributed by atoms with E-state index in [0.29, 0.717) is 13.0 Å². The smallest absolute Gasteiger partial charge is 0.126 e. The molecule has 84 valence electrons. The minimum Gasteiger partial charge on any atom is -0.330 e. The van der Waals surface area contributed by atoms with Crippen molar-refractivity contribution in [3.05, 3.63) is 58.0 Å². The quantitative estimate of drug-likeness (QED) is 0.865. The molecule has 0 amide bonds. The van der Waals surface area contributed by atoms with Crippen LogP contribution in [0.5, 0.6) is 0 Å². The molecule has 1 aromatic carbocycles. The van der Waals surface area contributed by atoms with Crippen LogP contribution in [0.2, 0.25) is 0 Å². The van der Waals surface area contributed by atoms with Crippen molar-refractivity contribution in [2.24, 2.45) is 5.73 Å². The molecule has 0 saturated carbocycles. The number of hydrogen-bond acceptors (Lipinski definition) is 2. The van der Waals surface area contributed by atoms with Crippen LogP contribution in [0.3, 0.4) is 0 Å². The molecule has 1 unspecified atom stereocenters. The van der Waals surface area contributed by atoms with Gasteiger partial charge in [-0.15, -0.1) is 11.3 Å². The number of thiophene rings is 1. The van der Waals surface area contributed by atoms with Crippen molar-refractivity contribution in [3.8, 4) is 0 Å². The lowest BCUT2D eigenvalue weighted by atomic mass is 9.97. The fraction of sp³-hybridized carbons (Fsp3) is 0.231. The van der Waals surface area contributed by atoms with Gasteiger partial charge in [-0.3, -0.25) is 0 Å². The Morgan fingerprint density at radius 1 is 1.19 bits per heavy atom. The summed E-state index contributed by atoms with van der Waals surface area (Å²) in [5.41, 5.74) is 6.49. The molecule has 1 heterocycles. The van der Waals surface area contributed by atoms with Gasteiger partial charge in [-0.1, -0.05) is 24.3 Å². The van der Waals surface area contributed by atoms with Crippen LogP contribution in [0.1, 0.15) is 16.4 Å². The van der Waals surface area contributed by atoms with Crippen molar-refractivity contribution in [2.45, 2.75) is 12.3 Å². The molecule has 0 saturated heterocycles. The van der Waals surface area contributed by atoms with Crippen molar-refractivity contribution in [2.75, 3.05) is 6.54 Å². The Morgan fingerprint density at radius 2 is 2.00 bits per heavy atom. The highest BCUT2D eigenvalue weighted by Gasteiger charge is 2.13. The van der Waals surface area contributed by atoms with Gasteiger partial charge in [0.1, 0.15) is 5.82 Å². The summed E-state index contributed by atoms with van der Waals surface area (Å²) in [6.45, 7) is 0.550. The third-order valence-corrected chi connectivity index (χ3v) is 3.69. The fourth-order valence-corrected chi connectivity index (χ4v) is 2.60. The van der Waals surface area contributed by atoms with Crippen molar-refractivity contribution < 1.29 is 4.39 Å². The third-order valence-electron chi connectivity index (χ3n) is 2.65. The highest BCUT2D eigenvalue weighted by Crippen LogP contribution is 2.25. The lowest BCUT2D eigenvalue weighted by Crippen LogP contribution is -2.14. The predicted octanol–water partition coefficient (Wildman–Crippen LogP) is 3.17. The maximum Gasteiger partial charge on any atom is 0.126 e. The molecule has 2 rings (SSSR count). The molecule has 1 nitrogen and oxygen atoms in total. The average Bonchev–Trinajstić information content (AvgIpc) is 2.81. The number of halogens is 1. The first kappa shape index (κ1) is 11.3. The van der Waals surface area contributed by atoms with E-state index in [2.05, 4.69) is 6.07 Å². The summed E-state index contributed by atoms with van der Waals surface area (Å²) in [5, 5.41) is 2.03. The molecule has 0 aliphatic carbocycles. The largest absolute Gasteiger partial charge is 0.330 e. The second kappa shape index (κ2) is 5.23. The first-order chi connectivity index (χ1) is 7.81. The summed E-state index contributed by atoms with van der Waals surface area (Å²) >= 11 is 1.68. The van der Waals surface area contributed by atoms with Crippen LogP contribution >= 0.6 is 11.3 Å². The van der Waals surface area contributed by atoms with Gasteiger partial charge in [0.25, 0.3) is 0 Å². The van der Waals surface area contributed by atoms with Gasteiger partial charge in [-0.05, 0) is 29.5 Å². The normalized spacial score (nSPS) is 12.6. The Labute approximate surface area is 98.7 Å². The van der Waals surface area contributed by atoms with Crippen LogP contribution in [-0.4, -0.2) is 6.54 Å². The van der Waals surface area contributed by atoms with Gasteiger partial charge in [0.2, 0.25) is 0 Å². The maximum absolute atomic E-state index is 13.5. The van der Waals surface area contributed by atoms with Crippen LogP contribution < -0.4 is 5.73 Å². The van der Waals surface area contributed by atoms with Crippen LogP contribution in [0.4, 0.5) is 4.39 Å². The van der Waals surface area contributed by atoms with E-state index in [1.54, 1.807) is 17.4 Å². The minimum absolute atomic E-state index is 0.141. The van der Waals surface area contributed by atoms with Gasteiger partial charge in [0.15, 0.2) is 0 Å². The predicted molar refractivity (Wildman–Crippen MR) is 66.2 cm³/mol. The van der Waals surface area contributed by atoms with Gasteiger partial charge in [0.05, 0.1) is 0 Å². The van der Waals surface area contributed by atoms with Gasteiger partial charge < -0.3 is 5.73 Å². The zero-order valence-corrected chi connectivity index (χ0v) is 9.71. The van der Waals surface area contributed by atoms with E-state index in [1.165, 1.54) is 10.9 Å². The lowest BCUT2D eigenvalue weighted by Gasteiger charge is -2.13. The topological polar surface area (TPSA) is 26.0 Å². The Bertz CT molecular complexity index is 439. The van der Waals surface area contributed by atoms with E-state index in [0.717, 1.165) is 5.56 Å². The first-order valence-corrected chi connectivity index (χ1v) is 6.16. The van der Waals surface area contributed by atoms with Crippen LogP contribution in [0.25, 0.3) is 0 Å².